The van der Waals surface area contributed by atoms with Crippen molar-refractivity contribution in [1.29, 1.82) is 0 Å². The second-order valence-electron chi connectivity index (χ2n) is 4.35. The number of furan rings is 1. The van der Waals surface area contributed by atoms with Crippen LogP contribution in [0.15, 0.2) is 47.1 Å². The second-order valence-corrected chi connectivity index (χ2v) is 5.66. The number of benzene rings is 1. The second kappa shape index (κ2) is 4.77. The van der Waals surface area contributed by atoms with Crippen molar-refractivity contribution in [3.63, 3.8) is 0 Å². The predicted octanol–water partition coefficient (Wildman–Crippen LogP) is 1.82. The van der Waals surface area contributed by atoms with E-state index >= 15 is 0 Å². The molecule has 2 aromatic rings. The van der Waals surface area contributed by atoms with Gasteiger partial charge in [-0.05, 0) is 18.2 Å². The summed E-state index contributed by atoms with van der Waals surface area (Å²) in [7, 11) is -3.89. The lowest BCUT2D eigenvalue weighted by molar-refractivity contribution is 0.0944. The number of fused-ring (bicyclic) bond motifs is 1. The Labute approximate surface area is 115 Å². The maximum absolute atomic E-state index is 12.0. The Morgan fingerprint density at radius 1 is 1.20 bits per heavy atom. The van der Waals surface area contributed by atoms with Crippen molar-refractivity contribution in [3.8, 4) is 5.75 Å². The van der Waals surface area contributed by atoms with Gasteiger partial charge >= 0.3 is 10.3 Å². The molecule has 2 heterocycles. The van der Waals surface area contributed by atoms with Crippen molar-refractivity contribution in [2.75, 3.05) is 0 Å². The third kappa shape index (κ3) is 2.45. The molecule has 0 bridgehead atoms. The maximum atomic E-state index is 12.0. The van der Waals surface area contributed by atoms with Gasteiger partial charge in [0.05, 0.1) is 12.3 Å². The summed E-state index contributed by atoms with van der Waals surface area (Å²) in [5.41, 5.74) is 0.627. The number of carbonyl (C=O) groups excluding carboxylic acids is 1. The molecule has 0 radical (unpaired) electrons. The van der Waals surface area contributed by atoms with E-state index in [-0.39, 0.29) is 23.7 Å². The van der Waals surface area contributed by atoms with Crippen molar-refractivity contribution < 1.29 is 21.8 Å². The zero-order valence-electron chi connectivity index (χ0n) is 10.3. The molecule has 0 aliphatic carbocycles. The summed E-state index contributed by atoms with van der Waals surface area (Å²) in [6.45, 7) is 0. The van der Waals surface area contributed by atoms with Crippen LogP contribution < -0.4 is 8.91 Å². The Kier molecular flexibility index (Phi) is 3.07. The third-order valence-corrected chi connectivity index (χ3v) is 3.94. The lowest BCUT2D eigenvalue weighted by Crippen LogP contribution is -2.37. The van der Waals surface area contributed by atoms with E-state index in [1.54, 1.807) is 36.4 Å². The van der Waals surface area contributed by atoms with Gasteiger partial charge in [0, 0.05) is 12.0 Å². The van der Waals surface area contributed by atoms with Crippen LogP contribution >= 0.6 is 0 Å². The fourth-order valence-corrected chi connectivity index (χ4v) is 3.09. The van der Waals surface area contributed by atoms with Gasteiger partial charge in [-0.25, -0.2) is 0 Å². The number of hydrogen-bond donors (Lipinski definition) is 1. The van der Waals surface area contributed by atoms with E-state index < -0.39 is 16.3 Å². The number of ketones is 1. The molecule has 6 nitrogen and oxygen atoms in total. The highest BCUT2D eigenvalue weighted by molar-refractivity contribution is 7.85. The molecule has 7 heteroatoms. The van der Waals surface area contributed by atoms with Gasteiger partial charge in [-0.2, -0.15) is 13.1 Å². The Morgan fingerprint density at radius 2 is 2.00 bits per heavy atom. The van der Waals surface area contributed by atoms with E-state index in [4.69, 9.17) is 8.60 Å². The minimum atomic E-state index is -3.89. The molecule has 0 saturated carbocycles. The molecule has 0 fully saturated rings. The van der Waals surface area contributed by atoms with Crippen molar-refractivity contribution in [1.82, 2.24) is 4.72 Å². The van der Waals surface area contributed by atoms with Crippen LogP contribution in [0.2, 0.25) is 0 Å². The Balaban J connectivity index is 1.91. The maximum Gasteiger partial charge on any atom is 0.383 e. The number of hydrogen-bond acceptors (Lipinski definition) is 5. The van der Waals surface area contributed by atoms with Gasteiger partial charge in [0.25, 0.3) is 0 Å². The highest BCUT2D eigenvalue weighted by Crippen LogP contribution is 2.33. The fraction of sp³-hybridized carbons (Fsp3) is 0.154. The van der Waals surface area contributed by atoms with Crippen molar-refractivity contribution in [3.05, 3.63) is 54.0 Å². The molecule has 1 aliphatic rings. The summed E-state index contributed by atoms with van der Waals surface area (Å²) in [6, 6.07) is 9.19. The number of carbonyl (C=O) groups is 1. The van der Waals surface area contributed by atoms with Crippen LogP contribution in [-0.2, 0) is 10.3 Å². The molecule has 0 unspecified atom stereocenters. The molecular formula is C13H11NO5S. The van der Waals surface area contributed by atoms with E-state index in [0.29, 0.717) is 5.56 Å². The van der Waals surface area contributed by atoms with Crippen LogP contribution in [0.4, 0.5) is 0 Å². The van der Waals surface area contributed by atoms with Gasteiger partial charge < -0.3 is 8.60 Å². The molecule has 1 atom stereocenters. The topological polar surface area (TPSA) is 85.6 Å². The van der Waals surface area contributed by atoms with Crippen LogP contribution in [0.5, 0.6) is 5.75 Å². The van der Waals surface area contributed by atoms with Crippen LogP contribution in [-0.4, -0.2) is 14.2 Å². The highest BCUT2D eigenvalue weighted by Gasteiger charge is 2.32. The summed E-state index contributed by atoms with van der Waals surface area (Å²) in [4.78, 5) is 12.0. The molecule has 0 saturated heterocycles. The van der Waals surface area contributed by atoms with Crippen LogP contribution in [0.3, 0.4) is 0 Å². The third-order valence-electron chi connectivity index (χ3n) is 2.97. The van der Waals surface area contributed by atoms with Crippen LogP contribution in [0, 0.1) is 0 Å². The lowest BCUT2D eigenvalue weighted by Gasteiger charge is -2.25. The smallest absolute Gasteiger partial charge is 0.383 e. The quantitative estimate of drug-likeness (QED) is 0.872. The molecule has 3 rings (SSSR count). The molecule has 0 amide bonds. The van der Waals surface area contributed by atoms with Crippen LogP contribution in [0.1, 0.15) is 28.6 Å². The minimum Gasteiger partial charge on any atom is -0.461 e. The lowest BCUT2D eigenvalue weighted by atomic mass is 10.0. The number of rotatable bonds is 3. The van der Waals surface area contributed by atoms with Gasteiger partial charge in [0.1, 0.15) is 5.75 Å². The Hall–Kier alpha value is -2.12. The summed E-state index contributed by atoms with van der Waals surface area (Å²) in [5.74, 6) is 0.163. The molecule has 1 N–H and O–H groups in total. The largest absolute Gasteiger partial charge is 0.461 e. The molecule has 1 aromatic carbocycles. The number of nitrogens with one attached hydrogen (secondary N) is 1. The fourth-order valence-electron chi connectivity index (χ4n) is 2.10. The van der Waals surface area contributed by atoms with E-state index in [0.717, 1.165) is 0 Å². The van der Waals surface area contributed by atoms with Gasteiger partial charge in [-0.15, -0.1) is 0 Å². The number of para-hydroxylation sites is 1. The first-order valence-electron chi connectivity index (χ1n) is 5.92. The average Bonchev–Trinajstić information content (AvgIpc) is 2.91. The van der Waals surface area contributed by atoms with E-state index in [2.05, 4.69) is 4.72 Å². The molecule has 1 aliphatic heterocycles. The zero-order valence-corrected chi connectivity index (χ0v) is 11.1. The normalized spacial score (nSPS) is 19.9. The molecular weight excluding hydrogens is 282 g/mol. The van der Waals surface area contributed by atoms with Gasteiger partial charge in [0.15, 0.2) is 11.5 Å². The van der Waals surface area contributed by atoms with Crippen molar-refractivity contribution in [2.45, 2.75) is 12.5 Å². The van der Waals surface area contributed by atoms with Gasteiger partial charge in [0.2, 0.25) is 0 Å². The van der Waals surface area contributed by atoms with Crippen LogP contribution in [0.25, 0.3) is 0 Å². The van der Waals surface area contributed by atoms with E-state index in [9.17, 15) is 13.2 Å². The first kappa shape index (κ1) is 12.9. The first-order chi connectivity index (χ1) is 9.55. The Morgan fingerprint density at radius 3 is 2.75 bits per heavy atom. The summed E-state index contributed by atoms with van der Waals surface area (Å²) in [5, 5.41) is 0. The first-order valence-corrected chi connectivity index (χ1v) is 7.33. The minimum absolute atomic E-state index is 0.0346. The van der Waals surface area contributed by atoms with Gasteiger partial charge in [-0.3, -0.25) is 4.79 Å². The summed E-state index contributed by atoms with van der Waals surface area (Å²) >= 11 is 0. The van der Waals surface area contributed by atoms with Crippen molar-refractivity contribution in [2.24, 2.45) is 0 Å². The van der Waals surface area contributed by atoms with Crippen molar-refractivity contribution >= 4 is 16.1 Å². The van der Waals surface area contributed by atoms with E-state index in [1.807, 2.05) is 0 Å². The summed E-state index contributed by atoms with van der Waals surface area (Å²) < 4.78 is 35.4. The average molecular weight is 293 g/mol. The predicted molar refractivity (Wildman–Crippen MR) is 69.5 cm³/mol. The molecule has 20 heavy (non-hydrogen) atoms. The number of Topliss-reactive ketones (excluding diaryl/α,β-unsaturated/α-hetero) is 1. The zero-order chi connectivity index (χ0) is 14.2. The Bertz CT molecular complexity index is 736. The molecule has 104 valence electrons. The highest BCUT2D eigenvalue weighted by atomic mass is 32.2. The van der Waals surface area contributed by atoms with Gasteiger partial charge in [-0.1, -0.05) is 18.2 Å². The SMILES string of the molecule is O=C(C[C@H]1NS(=O)(=O)Oc2ccccc21)c1ccco1. The standard InChI is InChI=1S/C13H11NO5S/c15-11(13-6-3-7-18-13)8-10-9-4-1-2-5-12(9)19-20(16,17)14-10/h1-7,10,14H,8H2/t10-/m1/s1. The van der Waals surface area contributed by atoms with E-state index in [1.165, 1.54) is 6.26 Å². The molecule has 1 aromatic heterocycles. The molecule has 0 spiro atoms. The summed E-state index contributed by atoms with van der Waals surface area (Å²) in [6.07, 6.45) is 1.36. The monoisotopic (exact) mass is 293 g/mol.